The lowest BCUT2D eigenvalue weighted by Gasteiger charge is -2.26. The lowest BCUT2D eigenvalue weighted by Crippen LogP contribution is -2.41. The maximum Gasteiger partial charge on any atom is 0.337 e. The van der Waals surface area contributed by atoms with Gasteiger partial charge in [-0.3, -0.25) is 0 Å². The molecule has 0 atom stereocenters. The number of aromatic carboxylic acids is 1. The molecule has 1 fully saturated rings. The first-order valence-corrected chi connectivity index (χ1v) is 7.53. The van der Waals surface area contributed by atoms with Crippen molar-refractivity contribution in [2.45, 2.75) is 37.8 Å². The largest absolute Gasteiger partial charge is 0.478 e. The summed E-state index contributed by atoms with van der Waals surface area (Å²) in [5.74, 6) is -1.10. The highest BCUT2D eigenvalue weighted by molar-refractivity contribution is 9.10. The Kier molecular flexibility index (Phi) is 5.19. The van der Waals surface area contributed by atoms with E-state index in [4.69, 9.17) is 5.11 Å². The van der Waals surface area contributed by atoms with Crippen molar-refractivity contribution in [2.75, 3.05) is 5.32 Å². The molecule has 7 heteroatoms. The van der Waals surface area contributed by atoms with Crippen LogP contribution in [0.1, 0.15) is 36.0 Å². The molecule has 114 valence electrons. The Hall–Kier alpha value is -1.60. The second-order valence-electron chi connectivity index (χ2n) is 5.10. The summed E-state index contributed by atoms with van der Waals surface area (Å²) in [7, 11) is 0. The third kappa shape index (κ3) is 4.44. The van der Waals surface area contributed by atoms with Crippen molar-refractivity contribution in [3.8, 4) is 0 Å². The number of anilines is 1. The zero-order valence-corrected chi connectivity index (χ0v) is 12.9. The normalized spacial score (nSPS) is 21.6. The molecule has 0 unspecified atom stereocenters. The molecular formula is C14H17BrN2O4. The molecule has 4 N–H and O–H groups in total. The van der Waals surface area contributed by atoms with Crippen molar-refractivity contribution in [1.29, 1.82) is 0 Å². The number of nitrogens with one attached hydrogen (secondary N) is 2. The number of aliphatic hydroxyl groups excluding tert-OH is 1. The Labute approximate surface area is 130 Å². The molecule has 0 aliphatic heterocycles. The minimum absolute atomic E-state index is 0.0112. The van der Waals surface area contributed by atoms with Crippen molar-refractivity contribution >= 4 is 33.6 Å². The van der Waals surface area contributed by atoms with Crippen molar-refractivity contribution in [3.63, 3.8) is 0 Å². The third-order valence-corrected chi connectivity index (χ3v) is 3.99. The Morgan fingerprint density at radius 1 is 1.19 bits per heavy atom. The first kappa shape index (κ1) is 15.8. The molecule has 0 radical (unpaired) electrons. The second-order valence-corrected chi connectivity index (χ2v) is 6.01. The van der Waals surface area contributed by atoms with E-state index >= 15 is 0 Å². The molecule has 0 bridgehead atoms. The predicted molar refractivity (Wildman–Crippen MR) is 81.5 cm³/mol. The lowest BCUT2D eigenvalue weighted by atomic mass is 9.93. The summed E-state index contributed by atoms with van der Waals surface area (Å²) in [5, 5.41) is 23.9. The Morgan fingerprint density at radius 2 is 1.86 bits per heavy atom. The van der Waals surface area contributed by atoms with E-state index in [1.165, 1.54) is 12.1 Å². The van der Waals surface area contributed by atoms with Crippen LogP contribution in [0.4, 0.5) is 10.5 Å². The van der Waals surface area contributed by atoms with Crippen LogP contribution in [0.25, 0.3) is 0 Å². The van der Waals surface area contributed by atoms with E-state index in [1.54, 1.807) is 6.07 Å². The van der Waals surface area contributed by atoms with E-state index in [9.17, 15) is 14.7 Å². The van der Waals surface area contributed by atoms with E-state index < -0.39 is 12.0 Å². The number of hydrogen-bond donors (Lipinski definition) is 4. The molecule has 1 saturated carbocycles. The standard InChI is InChI=1S/C14H17BrN2O4/c15-8-1-6-12(11(7-8)13(19)20)17-14(21)16-9-2-4-10(18)5-3-9/h1,6-7,9-10,18H,2-5H2,(H,19,20)(H2,16,17,21). The first-order valence-electron chi connectivity index (χ1n) is 6.74. The molecule has 1 aromatic carbocycles. The number of carbonyl (C=O) groups is 2. The van der Waals surface area contributed by atoms with Crippen molar-refractivity contribution in [3.05, 3.63) is 28.2 Å². The summed E-state index contributed by atoms with van der Waals surface area (Å²) in [5.41, 5.74) is 0.276. The molecular weight excluding hydrogens is 340 g/mol. The second kappa shape index (κ2) is 6.91. The third-order valence-electron chi connectivity index (χ3n) is 3.49. The molecule has 1 aromatic rings. The van der Waals surface area contributed by atoms with Gasteiger partial charge in [0.2, 0.25) is 0 Å². The topological polar surface area (TPSA) is 98.7 Å². The van der Waals surface area contributed by atoms with Crippen molar-refractivity contribution < 1.29 is 19.8 Å². The van der Waals surface area contributed by atoms with Gasteiger partial charge in [-0.15, -0.1) is 0 Å². The number of amides is 2. The Morgan fingerprint density at radius 3 is 2.48 bits per heavy atom. The van der Waals surface area contributed by atoms with Gasteiger partial charge >= 0.3 is 12.0 Å². The number of carbonyl (C=O) groups excluding carboxylic acids is 1. The molecule has 6 nitrogen and oxygen atoms in total. The molecule has 0 saturated heterocycles. The van der Waals surface area contributed by atoms with E-state index in [1.807, 2.05) is 0 Å². The van der Waals surface area contributed by atoms with Crippen LogP contribution >= 0.6 is 15.9 Å². The predicted octanol–water partition coefficient (Wildman–Crippen LogP) is 2.57. The molecule has 21 heavy (non-hydrogen) atoms. The summed E-state index contributed by atoms with van der Waals surface area (Å²) in [6.07, 6.45) is 2.51. The van der Waals surface area contributed by atoms with Crippen LogP contribution in [0.5, 0.6) is 0 Å². The van der Waals surface area contributed by atoms with Crippen LogP contribution in [-0.4, -0.2) is 34.4 Å². The smallest absolute Gasteiger partial charge is 0.337 e. The minimum atomic E-state index is -1.10. The number of hydrogen-bond acceptors (Lipinski definition) is 3. The zero-order valence-electron chi connectivity index (χ0n) is 11.3. The number of aliphatic hydroxyl groups is 1. The highest BCUT2D eigenvalue weighted by Gasteiger charge is 2.21. The summed E-state index contributed by atoms with van der Waals surface area (Å²) < 4.78 is 0.632. The average molecular weight is 357 g/mol. The summed E-state index contributed by atoms with van der Waals surface area (Å²) in [6.45, 7) is 0. The SMILES string of the molecule is O=C(Nc1ccc(Br)cc1C(=O)O)NC1CCC(O)CC1. The molecule has 1 aliphatic carbocycles. The van der Waals surface area contributed by atoms with E-state index in [2.05, 4.69) is 26.6 Å². The molecule has 2 amide bonds. The van der Waals surface area contributed by atoms with Gasteiger partial charge in [-0.2, -0.15) is 0 Å². The molecule has 2 rings (SSSR count). The summed E-state index contributed by atoms with van der Waals surface area (Å²) >= 11 is 3.20. The fourth-order valence-corrected chi connectivity index (χ4v) is 2.73. The van der Waals surface area contributed by atoms with Crippen molar-refractivity contribution in [1.82, 2.24) is 5.32 Å². The first-order chi connectivity index (χ1) is 9.95. The Bertz CT molecular complexity index is 542. The van der Waals surface area contributed by atoms with Gasteiger partial charge in [0.05, 0.1) is 17.4 Å². The van der Waals surface area contributed by atoms with E-state index in [-0.39, 0.29) is 23.4 Å². The van der Waals surface area contributed by atoms with E-state index in [0.717, 1.165) is 12.8 Å². The number of benzene rings is 1. The van der Waals surface area contributed by atoms with Gasteiger partial charge in [-0.1, -0.05) is 15.9 Å². The van der Waals surface area contributed by atoms with Gasteiger partial charge in [-0.25, -0.2) is 9.59 Å². The quantitative estimate of drug-likeness (QED) is 0.668. The summed E-state index contributed by atoms with van der Waals surface area (Å²) in [6, 6.07) is 4.23. The number of rotatable bonds is 3. The Balaban J connectivity index is 1.98. The van der Waals surface area contributed by atoms with Gasteiger partial charge in [0.1, 0.15) is 0 Å². The van der Waals surface area contributed by atoms with Crippen LogP contribution in [0.2, 0.25) is 0 Å². The molecule has 0 spiro atoms. The van der Waals surface area contributed by atoms with Gasteiger partial charge < -0.3 is 20.8 Å². The van der Waals surface area contributed by atoms with Crippen LogP contribution < -0.4 is 10.6 Å². The highest BCUT2D eigenvalue weighted by Crippen LogP contribution is 2.22. The number of halogens is 1. The summed E-state index contributed by atoms with van der Waals surface area (Å²) in [4.78, 5) is 23.1. The monoisotopic (exact) mass is 356 g/mol. The maximum absolute atomic E-state index is 11.9. The number of carboxylic acids is 1. The van der Waals surface area contributed by atoms with Gasteiger partial charge in [0, 0.05) is 10.5 Å². The zero-order chi connectivity index (χ0) is 15.4. The van der Waals surface area contributed by atoms with Crippen LogP contribution in [0.3, 0.4) is 0 Å². The van der Waals surface area contributed by atoms with Gasteiger partial charge in [0.25, 0.3) is 0 Å². The number of carboxylic acid groups (broad SMARTS) is 1. The molecule has 0 aromatic heterocycles. The van der Waals surface area contributed by atoms with Gasteiger partial charge in [0.15, 0.2) is 0 Å². The number of urea groups is 1. The fourth-order valence-electron chi connectivity index (χ4n) is 2.37. The molecule has 0 heterocycles. The maximum atomic E-state index is 11.9. The minimum Gasteiger partial charge on any atom is -0.478 e. The average Bonchev–Trinajstić information content (AvgIpc) is 2.43. The molecule has 1 aliphatic rings. The fraction of sp³-hybridized carbons (Fsp3) is 0.429. The van der Waals surface area contributed by atoms with E-state index in [0.29, 0.717) is 17.3 Å². The van der Waals surface area contributed by atoms with Crippen LogP contribution in [-0.2, 0) is 0 Å². The van der Waals surface area contributed by atoms with Crippen LogP contribution in [0, 0.1) is 0 Å². The lowest BCUT2D eigenvalue weighted by molar-refractivity contribution is 0.0698. The van der Waals surface area contributed by atoms with Gasteiger partial charge in [-0.05, 0) is 43.9 Å². The highest BCUT2D eigenvalue weighted by atomic mass is 79.9. The van der Waals surface area contributed by atoms with Crippen molar-refractivity contribution in [2.24, 2.45) is 0 Å². The van der Waals surface area contributed by atoms with Crippen LogP contribution in [0.15, 0.2) is 22.7 Å².